The number of hydrogen-bond acceptors (Lipinski definition) is 3. The maximum Gasteiger partial charge on any atom is 0.357 e. The molecule has 1 heterocycles. The number of hydrogen-bond donors (Lipinski definition) is 0. The zero-order valence-corrected chi connectivity index (χ0v) is 8.05. The summed E-state index contributed by atoms with van der Waals surface area (Å²) in [5.41, 5.74) is -1.35. The first-order valence-corrected chi connectivity index (χ1v) is 4.01. The van der Waals surface area contributed by atoms with Crippen molar-refractivity contribution in [2.24, 2.45) is 0 Å². The average molecular weight is 219 g/mol. The fraction of sp³-hybridized carbons (Fsp3) is 0.333. The van der Waals surface area contributed by atoms with E-state index in [9.17, 15) is 18.0 Å². The van der Waals surface area contributed by atoms with Gasteiger partial charge in [-0.1, -0.05) is 0 Å². The summed E-state index contributed by atoms with van der Waals surface area (Å²) < 4.78 is 42.1. The fourth-order valence-corrected chi connectivity index (χ4v) is 1.04. The summed E-state index contributed by atoms with van der Waals surface area (Å²) in [6.07, 6.45) is -2.90. The van der Waals surface area contributed by atoms with E-state index in [0.717, 1.165) is 13.2 Å². The van der Waals surface area contributed by atoms with Crippen molar-refractivity contribution in [3.05, 3.63) is 28.8 Å². The van der Waals surface area contributed by atoms with Crippen LogP contribution < -0.4 is 0 Å². The van der Waals surface area contributed by atoms with Crippen LogP contribution in [0.4, 0.5) is 13.2 Å². The number of alkyl halides is 2. The van der Waals surface area contributed by atoms with Crippen LogP contribution in [0.15, 0.2) is 6.07 Å². The van der Waals surface area contributed by atoms with E-state index < -0.39 is 29.6 Å². The lowest BCUT2D eigenvalue weighted by Gasteiger charge is -2.07. The van der Waals surface area contributed by atoms with Crippen LogP contribution in [0, 0.1) is 12.9 Å². The van der Waals surface area contributed by atoms with Crippen molar-refractivity contribution < 1.29 is 22.7 Å². The SMILES string of the molecule is COC(=O)c1nc(F)c(C)cc1C(F)F. The van der Waals surface area contributed by atoms with Gasteiger partial charge >= 0.3 is 5.97 Å². The van der Waals surface area contributed by atoms with E-state index in [-0.39, 0.29) is 5.56 Å². The number of aryl methyl sites for hydroxylation is 1. The molecule has 82 valence electrons. The molecule has 0 aliphatic heterocycles. The Kier molecular flexibility index (Phi) is 3.28. The smallest absolute Gasteiger partial charge is 0.357 e. The number of carbonyl (C=O) groups is 1. The minimum absolute atomic E-state index is 0.0436. The quantitative estimate of drug-likeness (QED) is 0.565. The van der Waals surface area contributed by atoms with E-state index in [0.29, 0.717) is 0 Å². The lowest BCUT2D eigenvalue weighted by Crippen LogP contribution is -2.11. The van der Waals surface area contributed by atoms with Crippen molar-refractivity contribution in [3.8, 4) is 0 Å². The van der Waals surface area contributed by atoms with Crippen molar-refractivity contribution in [2.45, 2.75) is 13.3 Å². The minimum atomic E-state index is -2.90. The van der Waals surface area contributed by atoms with E-state index in [1.165, 1.54) is 6.92 Å². The monoisotopic (exact) mass is 219 g/mol. The molecule has 0 bridgehead atoms. The third-order valence-corrected chi connectivity index (χ3v) is 1.79. The number of halogens is 3. The molecule has 0 spiro atoms. The van der Waals surface area contributed by atoms with Gasteiger partial charge in [-0.25, -0.2) is 18.6 Å². The van der Waals surface area contributed by atoms with Gasteiger partial charge in [0.15, 0.2) is 5.69 Å². The molecule has 0 aliphatic carbocycles. The summed E-state index contributed by atoms with van der Waals surface area (Å²) in [6.45, 7) is 1.29. The van der Waals surface area contributed by atoms with Crippen LogP contribution >= 0.6 is 0 Å². The average Bonchev–Trinajstić information content (AvgIpc) is 2.20. The van der Waals surface area contributed by atoms with Gasteiger partial charge in [-0.15, -0.1) is 0 Å². The van der Waals surface area contributed by atoms with Gasteiger partial charge in [0, 0.05) is 5.56 Å². The molecule has 0 radical (unpaired) electrons. The van der Waals surface area contributed by atoms with Gasteiger partial charge in [-0.3, -0.25) is 0 Å². The molecular weight excluding hydrogens is 211 g/mol. The van der Waals surface area contributed by atoms with Crippen LogP contribution in [0.25, 0.3) is 0 Å². The molecule has 0 saturated carbocycles. The molecule has 15 heavy (non-hydrogen) atoms. The summed E-state index contributed by atoms with van der Waals surface area (Å²) in [5, 5.41) is 0. The minimum Gasteiger partial charge on any atom is -0.464 e. The molecule has 0 amide bonds. The van der Waals surface area contributed by atoms with Crippen LogP contribution in [-0.4, -0.2) is 18.1 Å². The van der Waals surface area contributed by atoms with Crippen molar-refractivity contribution in [1.29, 1.82) is 0 Å². The number of carbonyl (C=O) groups excluding carboxylic acids is 1. The zero-order valence-electron chi connectivity index (χ0n) is 8.05. The molecule has 1 rings (SSSR count). The Labute approximate surface area is 83.9 Å². The second-order valence-corrected chi connectivity index (χ2v) is 2.83. The first-order chi connectivity index (χ1) is 6.97. The molecule has 6 heteroatoms. The van der Waals surface area contributed by atoms with Gasteiger partial charge in [0.1, 0.15) is 0 Å². The van der Waals surface area contributed by atoms with E-state index in [4.69, 9.17) is 0 Å². The normalized spacial score (nSPS) is 10.5. The standard InChI is InChI=1S/C9H8F3NO2/c1-4-3-5(7(10)11)6(9(14)15-2)13-8(4)12/h3,7H,1-2H3. The third-order valence-electron chi connectivity index (χ3n) is 1.79. The highest BCUT2D eigenvalue weighted by molar-refractivity contribution is 5.88. The van der Waals surface area contributed by atoms with Crippen LogP contribution in [0.1, 0.15) is 28.0 Å². The molecule has 3 nitrogen and oxygen atoms in total. The highest BCUT2D eigenvalue weighted by Crippen LogP contribution is 2.24. The number of rotatable bonds is 2. The summed E-state index contributed by atoms with van der Waals surface area (Å²) >= 11 is 0. The van der Waals surface area contributed by atoms with Gasteiger partial charge in [0.25, 0.3) is 6.43 Å². The van der Waals surface area contributed by atoms with E-state index in [2.05, 4.69) is 9.72 Å². The highest BCUT2D eigenvalue weighted by atomic mass is 19.3. The molecule has 0 saturated heterocycles. The second kappa shape index (κ2) is 4.29. The molecule has 0 N–H and O–H groups in total. The lowest BCUT2D eigenvalue weighted by molar-refractivity contribution is 0.0580. The van der Waals surface area contributed by atoms with Gasteiger partial charge in [0.2, 0.25) is 5.95 Å². The molecule has 0 atom stereocenters. The first-order valence-electron chi connectivity index (χ1n) is 4.01. The van der Waals surface area contributed by atoms with Crippen LogP contribution in [-0.2, 0) is 4.74 Å². The molecule has 0 aliphatic rings. The maximum absolute atomic E-state index is 13.0. The Hall–Kier alpha value is -1.59. The summed E-state index contributed by atoms with van der Waals surface area (Å²) in [5.74, 6) is -2.04. The number of ether oxygens (including phenoxy) is 1. The van der Waals surface area contributed by atoms with Gasteiger partial charge in [0.05, 0.1) is 12.7 Å². The first kappa shape index (κ1) is 11.5. The number of aromatic nitrogens is 1. The van der Waals surface area contributed by atoms with Crippen molar-refractivity contribution >= 4 is 5.97 Å². The number of nitrogens with zero attached hydrogens (tertiary/aromatic N) is 1. The molecular formula is C9H8F3NO2. The molecule has 0 fully saturated rings. The Bertz CT molecular complexity index is 393. The Morgan fingerprint density at radius 1 is 1.53 bits per heavy atom. The Balaban J connectivity index is 3.34. The number of pyridine rings is 1. The highest BCUT2D eigenvalue weighted by Gasteiger charge is 2.22. The van der Waals surface area contributed by atoms with Crippen molar-refractivity contribution in [3.63, 3.8) is 0 Å². The zero-order chi connectivity index (χ0) is 11.6. The third kappa shape index (κ3) is 2.26. The lowest BCUT2D eigenvalue weighted by atomic mass is 10.1. The fourth-order valence-electron chi connectivity index (χ4n) is 1.04. The molecule has 0 aromatic carbocycles. The predicted octanol–water partition coefficient (Wildman–Crippen LogP) is 2.25. The maximum atomic E-state index is 13.0. The Morgan fingerprint density at radius 3 is 2.60 bits per heavy atom. The topological polar surface area (TPSA) is 39.2 Å². The Morgan fingerprint density at radius 2 is 2.13 bits per heavy atom. The van der Waals surface area contributed by atoms with Gasteiger partial charge < -0.3 is 4.74 Å². The molecule has 1 aromatic rings. The van der Waals surface area contributed by atoms with Crippen molar-refractivity contribution in [2.75, 3.05) is 7.11 Å². The van der Waals surface area contributed by atoms with E-state index in [1.807, 2.05) is 0 Å². The number of esters is 1. The van der Waals surface area contributed by atoms with E-state index >= 15 is 0 Å². The van der Waals surface area contributed by atoms with Gasteiger partial charge in [-0.2, -0.15) is 4.39 Å². The summed E-state index contributed by atoms with van der Waals surface area (Å²) in [4.78, 5) is 14.2. The van der Waals surface area contributed by atoms with Crippen molar-refractivity contribution in [1.82, 2.24) is 4.98 Å². The predicted molar refractivity (Wildman–Crippen MR) is 45.2 cm³/mol. The molecule has 1 aromatic heterocycles. The van der Waals surface area contributed by atoms with Crippen LogP contribution in [0.5, 0.6) is 0 Å². The largest absolute Gasteiger partial charge is 0.464 e. The summed E-state index contributed by atoms with van der Waals surface area (Å²) in [6, 6.07) is 0.888. The summed E-state index contributed by atoms with van der Waals surface area (Å²) in [7, 11) is 1.01. The molecule has 0 unspecified atom stereocenters. The van der Waals surface area contributed by atoms with Crippen LogP contribution in [0.2, 0.25) is 0 Å². The van der Waals surface area contributed by atoms with E-state index in [1.54, 1.807) is 0 Å². The number of methoxy groups -OCH3 is 1. The second-order valence-electron chi connectivity index (χ2n) is 2.83. The van der Waals surface area contributed by atoms with Gasteiger partial charge in [-0.05, 0) is 13.0 Å². The van der Waals surface area contributed by atoms with Crippen LogP contribution in [0.3, 0.4) is 0 Å².